The number of carboxylic acid groups (broad SMARTS) is 2. The number of carbonyl (C=O) groups excluding carboxylic acids is 2. The predicted octanol–water partition coefficient (Wildman–Crippen LogP) is 3.28. The van der Waals surface area contributed by atoms with E-state index in [-0.39, 0.29) is 17.8 Å². The number of nitrogens with two attached hydrogens (primary N) is 1. The topological polar surface area (TPSA) is 186 Å². The number of nitrogens with one attached hydrogen (secondary N) is 1. The molecule has 0 aromatic heterocycles. The molecule has 1 saturated heterocycles. The van der Waals surface area contributed by atoms with Crippen LogP contribution in [-0.4, -0.2) is 81.6 Å². The molecule has 12 nitrogen and oxygen atoms in total. The number of aliphatic imine (C=N–C) groups is 1. The lowest BCUT2D eigenvalue weighted by molar-refractivity contribution is -0.145. The van der Waals surface area contributed by atoms with Crippen LogP contribution >= 0.6 is 0 Å². The van der Waals surface area contributed by atoms with Gasteiger partial charge in [-0.25, -0.2) is 9.59 Å². The number of alkyl halides is 3. The maximum atomic E-state index is 13.9. The number of aliphatic carboxylic acids is 2. The van der Waals surface area contributed by atoms with Crippen LogP contribution in [-0.2, 0) is 20.6 Å². The van der Waals surface area contributed by atoms with Crippen LogP contribution in [0.2, 0.25) is 0 Å². The van der Waals surface area contributed by atoms with Crippen molar-refractivity contribution in [3.8, 4) is 5.75 Å². The van der Waals surface area contributed by atoms with Crippen LogP contribution in [0.25, 0.3) is 6.08 Å². The van der Waals surface area contributed by atoms with Crippen molar-refractivity contribution in [2.75, 3.05) is 24.5 Å². The number of rotatable bonds is 10. The minimum atomic E-state index is -5.09. The number of anilines is 1. The molecular formula is C29H32F3N5O7. The minimum absolute atomic E-state index is 0.00315. The number of halogens is 3. The van der Waals surface area contributed by atoms with E-state index >= 15 is 0 Å². The fourth-order valence-electron chi connectivity index (χ4n) is 4.61. The molecule has 1 heterocycles. The molecule has 2 aromatic carbocycles. The van der Waals surface area contributed by atoms with Crippen molar-refractivity contribution < 1.29 is 47.7 Å². The van der Waals surface area contributed by atoms with E-state index in [4.69, 9.17) is 10.8 Å². The van der Waals surface area contributed by atoms with E-state index in [0.717, 1.165) is 18.2 Å². The lowest BCUT2D eigenvalue weighted by Gasteiger charge is -2.29. The molecule has 0 saturated carbocycles. The van der Waals surface area contributed by atoms with Gasteiger partial charge in [-0.15, -0.1) is 0 Å². The fourth-order valence-corrected chi connectivity index (χ4v) is 4.61. The molecule has 2 aromatic rings. The fraction of sp³-hybridized carbons (Fsp3) is 0.345. The van der Waals surface area contributed by atoms with Gasteiger partial charge in [-0.3, -0.25) is 19.5 Å². The summed E-state index contributed by atoms with van der Waals surface area (Å²) in [6.45, 7) is 2.12. The molecule has 3 amide bonds. The molecule has 236 valence electrons. The largest absolute Gasteiger partial charge is 0.507 e. The molecule has 1 aliphatic heterocycles. The number of urea groups is 1. The first-order valence-electron chi connectivity index (χ1n) is 13.4. The van der Waals surface area contributed by atoms with Crippen molar-refractivity contribution in [2.24, 2.45) is 10.7 Å². The molecule has 1 unspecified atom stereocenters. The van der Waals surface area contributed by atoms with Gasteiger partial charge < -0.3 is 31.3 Å². The summed E-state index contributed by atoms with van der Waals surface area (Å²) >= 11 is 0. The Hall–Kier alpha value is -5.08. The summed E-state index contributed by atoms with van der Waals surface area (Å²) in [5.74, 6) is -4.16. The van der Waals surface area contributed by atoms with Gasteiger partial charge in [0, 0.05) is 32.1 Å². The summed E-state index contributed by atoms with van der Waals surface area (Å²) in [5.41, 5.74) is 5.03. The number of nitrogens with zero attached hydrogens (tertiary/aromatic N) is 3. The Morgan fingerprint density at radius 1 is 1.14 bits per heavy atom. The van der Waals surface area contributed by atoms with Gasteiger partial charge in [-0.2, -0.15) is 13.2 Å². The first kappa shape index (κ1) is 33.4. The average molecular weight is 620 g/mol. The van der Waals surface area contributed by atoms with E-state index < -0.39 is 60.2 Å². The standard InChI is InChI=1S/C29H32F3N5O7/c1-17(38)36-13-10-20(11-14-36)34-26(33)19-7-2-5-18(15-19)6-4-12-37(28(44)35-21(27(42)43)16-24(40)41)22-8-3-9-23(39)25(22)29(30,31)32/h2-9,15,20-21,39H,10-14,16H2,1H3,(H2,33,34)(H,35,44)(H,40,41)(H,42,43)/b6-4+. The first-order chi connectivity index (χ1) is 20.7. The summed E-state index contributed by atoms with van der Waals surface area (Å²) in [4.78, 5) is 54.0. The number of phenolic OH excluding ortho intramolecular Hbond substituents is 1. The van der Waals surface area contributed by atoms with Crippen molar-refractivity contribution in [1.29, 1.82) is 0 Å². The quantitative estimate of drug-likeness (QED) is 0.198. The average Bonchev–Trinajstić information content (AvgIpc) is 2.94. The van der Waals surface area contributed by atoms with Crippen molar-refractivity contribution in [3.63, 3.8) is 0 Å². The zero-order valence-corrected chi connectivity index (χ0v) is 23.6. The van der Waals surface area contributed by atoms with E-state index in [0.29, 0.717) is 42.0 Å². The zero-order valence-electron chi connectivity index (χ0n) is 23.6. The molecule has 0 bridgehead atoms. The third-order valence-corrected chi connectivity index (χ3v) is 6.83. The summed E-state index contributed by atoms with van der Waals surface area (Å²) < 4.78 is 41.6. The van der Waals surface area contributed by atoms with E-state index in [1.165, 1.54) is 19.1 Å². The van der Waals surface area contributed by atoms with Gasteiger partial charge in [-0.05, 0) is 36.6 Å². The molecule has 6 N–H and O–H groups in total. The second kappa shape index (κ2) is 14.4. The number of phenols is 1. The summed E-state index contributed by atoms with van der Waals surface area (Å²) in [6.07, 6.45) is -1.98. The molecule has 1 aliphatic rings. The molecule has 15 heteroatoms. The second-order valence-electron chi connectivity index (χ2n) is 10.00. The van der Waals surface area contributed by atoms with Crippen molar-refractivity contribution in [2.45, 2.75) is 44.4 Å². The van der Waals surface area contributed by atoms with Crippen LogP contribution in [0.4, 0.5) is 23.7 Å². The molecule has 1 fully saturated rings. The molecule has 0 spiro atoms. The summed E-state index contributed by atoms with van der Waals surface area (Å²) in [5, 5.41) is 30.2. The van der Waals surface area contributed by atoms with E-state index in [1.54, 1.807) is 29.2 Å². The van der Waals surface area contributed by atoms with Gasteiger partial charge >= 0.3 is 24.1 Å². The lowest BCUT2D eigenvalue weighted by Crippen LogP contribution is -2.49. The highest BCUT2D eigenvalue weighted by molar-refractivity contribution is 5.98. The molecular weight excluding hydrogens is 587 g/mol. The van der Waals surface area contributed by atoms with E-state index in [9.17, 15) is 42.6 Å². The monoisotopic (exact) mass is 619 g/mol. The highest BCUT2D eigenvalue weighted by atomic mass is 19.4. The lowest BCUT2D eigenvalue weighted by atomic mass is 10.0. The number of amides is 3. The van der Waals surface area contributed by atoms with Crippen LogP contribution in [0.1, 0.15) is 42.9 Å². The Kier molecular flexibility index (Phi) is 10.9. The van der Waals surface area contributed by atoms with Crippen molar-refractivity contribution >= 4 is 41.5 Å². The van der Waals surface area contributed by atoms with Gasteiger partial charge in [0.1, 0.15) is 23.2 Å². The number of benzene rings is 2. The summed E-state index contributed by atoms with van der Waals surface area (Å²) in [6, 6.07) is 6.18. The maximum Gasteiger partial charge on any atom is 0.421 e. The highest BCUT2D eigenvalue weighted by Crippen LogP contribution is 2.42. The van der Waals surface area contributed by atoms with E-state index in [2.05, 4.69) is 4.99 Å². The van der Waals surface area contributed by atoms with Gasteiger partial charge in [0.25, 0.3) is 0 Å². The van der Waals surface area contributed by atoms with Crippen molar-refractivity contribution in [3.05, 3.63) is 65.2 Å². The number of aromatic hydroxyl groups is 1. The molecule has 3 rings (SSSR count). The van der Waals surface area contributed by atoms with Crippen LogP contribution < -0.4 is 16.0 Å². The third kappa shape index (κ3) is 8.96. The van der Waals surface area contributed by atoms with Crippen LogP contribution in [0.3, 0.4) is 0 Å². The van der Waals surface area contributed by atoms with Gasteiger partial charge in [0.15, 0.2) is 0 Å². The minimum Gasteiger partial charge on any atom is -0.507 e. The van der Waals surface area contributed by atoms with Crippen LogP contribution in [0.5, 0.6) is 5.75 Å². The Labute approximate surface area is 250 Å². The van der Waals surface area contributed by atoms with Gasteiger partial charge in [0.2, 0.25) is 5.91 Å². The SMILES string of the molecule is CC(=O)N1CCC(N=C(N)c2cccc(/C=C/CN(C(=O)NC(CC(=O)O)C(=O)O)c3cccc(O)c3C(F)(F)F)c2)CC1. The Morgan fingerprint density at radius 3 is 2.39 bits per heavy atom. The molecule has 44 heavy (non-hydrogen) atoms. The van der Waals surface area contributed by atoms with E-state index in [1.807, 2.05) is 5.32 Å². The summed E-state index contributed by atoms with van der Waals surface area (Å²) in [7, 11) is 0. The second-order valence-corrected chi connectivity index (χ2v) is 10.00. The number of piperidine rings is 1. The van der Waals surface area contributed by atoms with Crippen LogP contribution in [0.15, 0.2) is 53.5 Å². The maximum absolute atomic E-state index is 13.9. The van der Waals surface area contributed by atoms with Gasteiger partial charge in [-0.1, -0.05) is 36.4 Å². The number of amidine groups is 1. The predicted molar refractivity (Wildman–Crippen MR) is 154 cm³/mol. The highest BCUT2D eigenvalue weighted by Gasteiger charge is 2.39. The Morgan fingerprint density at radius 2 is 1.80 bits per heavy atom. The molecule has 0 radical (unpaired) electrons. The Bertz CT molecular complexity index is 1450. The number of hydrogen-bond acceptors (Lipinski definition) is 6. The zero-order chi connectivity index (χ0) is 32.6. The first-order valence-corrected chi connectivity index (χ1v) is 13.4. The number of carboxylic acids is 2. The van der Waals surface area contributed by atoms with Crippen molar-refractivity contribution in [1.82, 2.24) is 10.2 Å². The number of hydrogen-bond donors (Lipinski definition) is 5. The number of likely N-dealkylation sites (tertiary alicyclic amines) is 1. The normalized spacial score (nSPS) is 15.2. The molecule has 0 aliphatic carbocycles. The Balaban J connectivity index is 1.86. The third-order valence-electron chi connectivity index (χ3n) is 6.83. The van der Waals surface area contributed by atoms with Crippen LogP contribution in [0, 0.1) is 0 Å². The smallest absolute Gasteiger partial charge is 0.421 e. The van der Waals surface area contributed by atoms with Gasteiger partial charge in [0.05, 0.1) is 18.2 Å². The number of carbonyl (C=O) groups is 4. The molecule has 1 atom stereocenters.